The van der Waals surface area contributed by atoms with Gasteiger partial charge in [-0.2, -0.15) is 0 Å². The normalized spacial score (nSPS) is 40.8. The lowest BCUT2D eigenvalue weighted by molar-refractivity contribution is 0.322. The second kappa shape index (κ2) is 2.49. The summed E-state index contributed by atoms with van der Waals surface area (Å²) in [7, 11) is 2.23. The fourth-order valence-corrected chi connectivity index (χ4v) is 1.82. The fraction of sp³-hybridized carbons (Fsp3) is 0.625. The molecule has 58 valence electrons. The molecular weight excluding hydrogens is 137 g/mol. The molecule has 2 bridgehead atoms. The topological polar surface area (TPSA) is 32.6 Å². The highest BCUT2D eigenvalue weighted by molar-refractivity contribution is 6.13. The zero-order chi connectivity index (χ0) is 7.84. The maximum Gasteiger partial charge on any atom is 0.108 e. The summed E-state index contributed by atoms with van der Waals surface area (Å²) < 4.78 is 0. The van der Waals surface area contributed by atoms with Crippen molar-refractivity contribution < 1.29 is 5.11 Å². The monoisotopic (exact) mass is 149 g/mol. The van der Waals surface area contributed by atoms with E-state index in [4.69, 9.17) is 5.11 Å². The number of allylic oxidation sites excluding steroid dienone is 1. The van der Waals surface area contributed by atoms with E-state index >= 15 is 0 Å². The highest BCUT2D eigenvalue weighted by Gasteiger charge is 2.36. The molecule has 11 heavy (non-hydrogen) atoms. The summed E-state index contributed by atoms with van der Waals surface area (Å²) in [5.41, 5.74) is 0.988. The zero-order valence-corrected chi connectivity index (χ0v) is 6.70. The van der Waals surface area contributed by atoms with Crippen molar-refractivity contribution in [3.63, 3.8) is 0 Å². The van der Waals surface area contributed by atoms with Gasteiger partial charge in [0.1, 0.15) is 7.85 Å². The summed E-state index contributed by atoms with van der Waals surface area (Å²) in [5, 5.41) is 8.88. The fourth-order valence-electron chi connectivity index (χ4n) is 1.82. The molecule has 3 atom stereocenters. The van der Waals surface area contributed by atoms with Crippen LogP contribution in [0.1, 0.15) is 6.42 Å². The Kier molecular flexibility index (Phi) is 1.60. The van der Waals surface area contributed by atoms with Gasteiger partial charge in [0.05, 0.1) is 6.61 Å². The predicted molar refractivity (Wildman–Crippen MR) is 47.8 cm³/mol. The largest absolute Gasteiger partial charge is 0.392 e. The second-order valence-electron chi connectivity index (χ2n) is 3.50. The van der Waals surface area contributed by atoms with E-state index in [9.17, 15) is 0 Å². The first kappa shape index (κ1) is 7.10. The van der Waals surface area contributed by atoms with Crippen molar-refractivity contribution in [2.45, 2.75) is 18.3 Å². The van der Waals surface area contributed by atoms with Gasteiger partial charge in [0, 0.05) is 12.3 Å². The number of aliphatic imine (C=N–C) groups is 1. The van der Waals surface area contributed by atoms with E-state index in [0.717, 1.165) is 5.57 Å². The van der Waals surface area contributed by atoms with Gasteiger partial charge in [0.15, 0.2) is 0 Å². The minimum atomic E-state index is 0.138. The molecule has 1 fully saturated rings. The molecule has 0 radical (unpaired) electrons. The minimum absolute atomic E-state index is 0.138. The van der Waals surface area contributed by atoms with Crippen molar-refractivity contribution in [3.05, 3.63) is 11.6 Å². The Morgan fingerprint density at radius 1 is 1.73 bits per heavy atom. The van der Waals surface area contributed by atoms with Gasteiger partial charge in [-0.15, -0.1) is 0 Å². The molecule has 0 aromatic carbocycles. The molecule has 3 heteroatoms. The molecule has 1 N–H and O–H groups in total. The van der Waals surface area contributed by atoms with Crippen molar-refractivity contribution in [3.8, 4) is 0 Å². The molecule has 0 amide bonds. The van der Waals surface area contributed by atoms with Crippen LogP contribution in [0.2, 0.25) is 5.82 Å². The van der Waals surface area contributed by atoms with Gasteiger partial charge in [-0.25, -0.2) is 0 Å². The SMILES string of the molecule is BC1C2C=C(CO)C=NC1C2. The van der Waals surface area contributed by atoms with E-state index in [1.54, 1.807) is 0 Å². The zero-order valence-electron chi connectivity index (χ0n) is 6.70. The molecule has 0 spiro atoms. The Labute approximate surface area is 67.4 Å². The van der Waals surface area contributed by atoms with Crippen molar-refractivity contribution in [1.29, 1.82) is 0 Å². The highest BCUT2D eigenvalue weighted by Crippen LogP contribution is 2.42. The first-order valence-corrected chi connectivity index (χ1v) is 4.16. The van der Waals surface area contributed by atoms with Crippen LogP contribution < -0.4 is 0 Å². The molecular formula is C8H12BNO. The van der Waals surface area contributed by atoms with E-state index in [-0.39, 0.29) is 6.61 Å². The van der Waals surface area contributed by atoms with Crippen LogP contribution in [-0.4, -0.2) is 31.8 Å². The highest BCUT2D eigenvalue weighted by atomic mass is 16.3. The van der Waals surface area contributed by atoms with E-state index in [1.807, 2.05) is 6.21 Å². The van der Waals surface area contributed by atoms with Crippen LogP contribution in [0.25, 0.3) is 0 Å². The third-order valence-corrected chi connectivity index (χ3v) is 2.84. The Hall–Kier alpha value is -0.565. The quantitative estimate of drug-likeness (QED) is 0.514. The van der Waals surface area contributed by atoms with Crippen molar-refractivity contribution in [2.24, 2.45) is 10.9 Å². The lowest BCUT2D eigenvalue weighted by Crippen LogP contribution is -2.33. The van der Waals surface area contributed by atoms with Gasteiger partial charge in [0.25, 0.3) is 0 Å². The maximum absolute atomic E-state index is 8.88. The predicted octanol–water partition coefficient (Wildman–Crippen LogP) is -0.200. The van der Waals surface area contributed by atoms with Gasteiger partial charge >= 0.3 is 0 Å². The number of rotatable bonds is 1. The summed E-state index contributed by atoms with van der Waals surface area (Å²) in [6, 6.07) is 0.528. The van der Waals surface area contributed by atoms with Crippen LogP contribution in [0, 0.1) is 5.92 Å². The van der Waals surface area contributed by atoms with E-state index in [0.29, 0.717) is 17.8 Å². The van der Waals surface area contributed by atoms with Gasteiger partial charge in [0.2, 0.25) is 0 Å². The number of aliphatic hydroxyl groups excluding tert-OH is 1. The standard InChI is InChI=1S/C8H12BNO/c9-8-6-1-5(4-11)3-10-7(8)2-6/h1,3,6-8,11H,2,4,9H2. The van der Waals surface area contributed by atoms with Crippen LogP contribution in [-0.2, 0) is 0 Å². The molecule has 0 aromatic heterocycles. The molecule has 0 aromatic rings. The molecule has 2 nitrogen and oxygen atoms in total. The molecule has 0 saturated heterocycles. The first-order chi connectivity index (χ1) is 5.31. The number of nitrogens with zero attached hydrogens (tertiary/aromatic N) is 1. The Bertz CT molecular complexity index is 224. The smallest absolute Gasteiger partial charge is 0.108 e. The van der Waals surface area contributed by atoms with Gasteiger partial charge < -0.3 is 5.11 Å². The lowest BCUT2D eigenvalue weighted by atomic mass is 9.59. The van der Waals surface area contributed by atoms with Gasteiger partial charge in [-0.05, 0) is 23.7 Å². The third-order valence-electron chi connectivity index (χ3n) is 2.84. The van der Waals surface area contributed by atoms with Gasteiger partial charge in [-0.1, -0.05) is 6.08 Å². The molecule has 3 aliphatic rings. The van der Waals surface area contributed by atoms with Crippen LogP contribution in [0.3, 0.4) is 0 Å². The minimum Gasteiger partial charge on any atom is -0.392 e. The molecule has 1 saturated carbocycles. The number of hydrogen-bond donors (Lipinski definition) is 1. The van der Waals surface area contributed by atoms with Crippen molar-refractivity contribution in [2.75, 3.05) is 6.61 Å². The van der Waals surface area contributed by atoms with Gasteiger partial charge in [-0.3, -0.25) is 4.99 Å². The van der Waals surface area contributed by atoms with E-state index in [1.165, 1.54) is 6.42 Å². The Balaban J connectivity index is 2.20. The molecule has 3 rings (SSSR count). The summed E-state index contributed by atoms with van der Waals surface area (Å²) in [6.45, 7) is 0.138. The molecule has 2 aliphatic heterocycles. The molecule has 1 aliphatic carbocycles. The molecule has 2 heterocycles. The number of hydrogen-bond acceptors (Lipinski definition) is 2. The van der Waals surface area contributed by atoms with Crippen molar-refractivity contribution >= 4 is 14.1 Å². The average Bonchev–Trinajstić information content (AvgIpc) is 2.32. The number of fused-ring (bicyclic) bond motifs is 1. The Morgan fingerprint density at radius 2 is 2.55 bits per heavy atom. The maximum atomic E-state index is 8.88. The van der Waals surface area contributed by atoms with E-state index in [2.05, 4.69) is 18.9 Å². The van der Waals surface area contributed by atoms with E-state index < -0.39 is 0 Å². The number of aliphatic hydroxyl groups is 1. The Morgan fingerprint density at radius 3 is 3.18 bits per heavy atom. The van der Waals surface area contributed by atoms with Crippen molar-refractivity contribution in [1.82, 2.24) is 0 Å². The summed E-state index contributed by atoms with van der Waals surface area (Å²) in [4.78, 5) is 4.37. The lowest BCUT2D eigenvalue weighted by Gasteiger charge is -2.37. The summed E-state index contributed by atoms with van der Waals surface area (Å²) >= 11 is 0. The molecule has 3 unspecified atom stereocenters. The second-order valence-corrected chi connectivity index (χ2v) is 3.50. The van der Waals surface area contributed by atoms with Crippen LogP contribution in [0.4, 0.5) is 0 Å². The van der Waals surface area contributed by atoms with Crippen LogP contribution >= 0.6 is 0 Å². The summed E-state index contributed by atoms with van der Waals surface area (Å²) in [6.07, 6.45) is 5.17. The summed E-state index contributed by atoms with van der Waals surface area (Å²) in [5.74, 6) is 1.36. The van der Waals surface area contributed by atoms with Crippen LogP contribution in [0.15, 0.2) is 16.6 Å². The first-order valence-electron chi connectivity index (χ1n) is 4.16. The van der Waals surface area contributed by atoms with Crippen LogP contribution in [0.5, 0.6) is 0 Å². The average molecular weight is 149 g/mol. The third kappa shape index (κ3) is 1.04.